The Hall–Kier alpha value is -0.860. The van der Waals surface area contributed by atoms with Gasteiger partial charge < -0.3 is 10.1 Å². The zero-order chi connectivity index (χ0) is 13.0. The monoisotopic (exact) mass is 247 g/mol. The van der Waals surface area contributed by atoms with Crippen molar-refractivity contribution in [1.29, 1.82) is 0 Å². The normalized spacial score (nSPS) is 24.4. The summed E-state index contributed by atoms with van der Waals surface area (Å²) in [6.45, 7) is 8.56. The van der Waals surface area contributed by atoms with E-state index in [0.717, 1.165) is 13.1 Å². The summed E-state index contributed by atoms with van der Waals surface area (Å²) in [5.41, 5.74) is 2.60. The highest BCUT2D eigenvalue weighted by Gasteiger charge is 2.27. The van der Waals surface area contributed by atoms with Crippen molar-refractivity contribution < 1.29 is 4.74 Å². The maximum Gasteiger partial charge on any atom is 0.0953 e. The Balaban J connectivity index is 2.04. The molecular weight excluding hydrogens is 222 g/mol. The average Bonchev–Trinajstić information content (AvgIpc) is 2.41. The van der Waals surface area contributed by atoms with Crippen LogP contribution in [0.1, 0.15) is 43.9 Å². The molecule has 2 atom stereocenters. The molecule has 1 aliphatic heterocycles. The third-order valence-corrected chi connectivity index (χ3v) is 4.04. The van der Waals surface area contributed by atoms with Gasteiger partial charge in [-0.1, -0.05) is 56.5 Å². The fraction of sp³-hybridized carbons (Fsp3) is 0.625. The molecule has 100 valence electrons. The van der Waals surface area contributed by atoms with Crippen molar-refractivity contribution in [1.82, 2.24) is 5.32 Å². The van der Waals surface area contributed by atoms with Gasteiger partial charge in [0.1, 0.15) is 0 Å². The largest absolute Gasteiger partial charge is 0.367 e. The maximum atomic E-state index is 6.29. The fourth-order valence-electron chi connectivity index (χ4n) is 2.73. The summed E-state index contributed by atoms with van der Waals surface area (Å²) in [6.07, 6.45) is 2.97. The van der Waals surface area contributed by atoms with Gasteiger partial charge in [0, 0.05) is 13.1 Å². The molecule has 1 aromatic rings. The second-order valence-corrected chi connectivity index (χ2v) is 5.31. The number of aryl methyl sites for hydroxylation is 1. The minimum absolute atomic E-state index is 0.213. The average molecular weight is 247 g/mol. The Morgan fingerprint density at radius 3 is 2.44 bits per heavy atom. The molecule has 0 radical (unpaired) electrons. The second-order valence-electron chi connectivity index (χ2n) is 5.31. The third-order valence-electron chi connectivity index (χ3n) is 4.04. The number of ether oxygens (including phenoxy) is 1. The highest BCUT2D eigenvalue weighted by molar-refractivity contribution is 5.23. The van der Waals surface area contributed by atoms with Crippen molar-refractivity contribution in [2.75, 3.05) is 13.1 Å². The second kappa shape index (κ2) is 6.35. The van der Waals surface area contributed by atoms with Gasteiger partial charge in [-0.25, -0.2) is 0 Å². The van der Waals surface area contributed by atoms with Gasteiger partial charge in [-0.3, -0.25) is 0 Å². The van der Waals surface area contributed by atoms with Gasteiger partial charge in [-0.15, -0.1) is 0 Å². The molecule has 1 N–H and O–H groups in total. The standard InChI is InChI=1S/C16H25NO/c1-4-13(5-2)15-10-17-11-16(18-15)14-8-6-12(3)7-9-14/h6-9,13,15-17H,4-5,10-11H2,1-3H3. The Morgan fingerprint density at radius 1 is 1.17 bits per heavy atom. The van der Waals surface area contributed by atoms with Gasteiger partial charge >= 0.3 is 0 Å². The molecule has 1 aromatic carbocycles. The van der Waals surface area contributed by atoms with E-state index < -0.39 is 0 Å². The van der Waals surface area contributed by atoms with Crippen molar-refractivity contribution in [2.45, 2.75) is 45.8 Å². The number of hydrogen-bond acceptors (Lipinski definition) is 2. The van der Waals surface area contributed by atoms with Crippen molar-refractivity contribution in [3.63, 3.8) is 0 Å². The van der Waals surface area contributed by atoms with Crippen molar-refractivity contribution in [2.24, 2.45) is 5.92 Å². The van der Waals surface area contributed by atoms with Crippen LogP contribution in [-0.2, 0) is 4.74 Å². The summed E-state index contributed by atoms with van der Waals surface area (Å²) in [5, 5.41) is 3.52. The van der Waals surface area contributed by atoms with Gasteiger partial charge in [-0.05, 0) is 18.4 Å². The maximum absolute atomic E-state index is 6.29. The first-order valence-electron chi connectivity index (χ1n) is 7.17. The van der Waals surface area contributed by atoms with Crippen LogP contribution >= 0.6 is 0 Å². The third kappa shape index (κ3) is 3.12. The molecule has 2 heteroatoms. The zero-order valence-electron chi connectivity index (χ0n) is 11.8. The summed E-state index contributed by atoms with van der Waals surface area (Å²) in [7, 11) is 0. The number of morpholine rings is 1. The SMILES string of the molecule is CCC(CC)C1CNCC(c2ccc(C)cc2)O1. The highest BCUT2D eigenvalue weighted by Crippen LogP contribution is 2.27. The lowest BCUT2D eigenvalue weighted by molar-refractivity contribution is -0.0688. The molecule has 1 aliphatic rings. The van der Waals surface area contributed by atoms with E-state index >= 15 is 0 Å². The Bertz CT molecular complexity index is 356. The number of rotatable bonds is 4. The summed E-state index contributed by atoms with van der Waals surface area (Å²) in [6, 6.07) is 8.72. The fourth-order valence-corrected chi connectivity index (χ4v) is 2.73. The van der Waals surface area contributed by atoms with Gasteiger partial charge in [0.05, 0.1) is 12.2 Å². The van der Waals surface area contributed by atoms with Crippen LogP contribution in [0.25, 0.3) is 0 Å². The molecule has 2 rings (SSSR count). The first kappa shape index (κ1) is 13.6. The topological polar surface area (TPSA) is 21.3 Å². The van der Waals surface area contributed by atoms with Crippen molar-refractivity contribution in [3.8, 4) is 0 Å². The van der Waals surface area contributed by atoms with E-state index in [0.29, 0.717) is 12.0 Å². The van der Waals surface area contributed by atoms with Crippen molar-refractivity contribution >= 4 is 0 Å². The minimum Gasteiger partial charge on any atom is -0.367 e. The molecular formula is C16H25NO. The number of nitrogens with one attached hydrogen (secondary N) is 1. The molecule has 0 aliphatic carbocycles. The molecule has 0 aromatic heterocycles. The van der Waals surface area contributed by atoms with E-state index in [-0.39, 0.29) is 6.10 Å². The predicted octanol–water partition coefficient (Wildman–Crippen LogP) is 3.46. The molecule has 1 fully saturated rings. The molecule has 2 nitrogen and oxygen atoms in total. The van der Waals surface area contributed by atoms with Crippen LogP contribution in [0.4, 0.5) is 0 Å². The van der Waals surface area contributed by atoms with E-state index in [2.05, 4.69) is 50.4 Å². The number of benzene rings is 1. The van der Waals surface area contributed by atoms with E-state index in [4.69, 9.17) is 4.74 Å². The Kier molecular flexibility index (Phi) is 4.79. The Morgan fingerprint density at radius 2 is 1.83 bits per heavy atom. The highest BCUT2D eigenvalue weighted by atomic mass is 16.5. The molecule has 0 bridgehead atoms. The van der Waals surface area contributed by atoms with Crippen molar-refractivity contribution in [3.05, 3.63) is 35.4 Å². The van der Waals surface area contributed by atoms with Crippen LogP contribution in [0.15, 0.2) is 24.3 Å². The summed E-state index contributed by atoms with van der Waals surface area (Å²) in [5.74, 6) is 0.672. The van der Waals surface area contributed by atoms with Crippen LogP contribution in [0.2, 0.25) is 0 Å². The zero-order valence-corrected chi connectivity index (χ0v) is 11.8. The van der Waals surface area contributed by atoms with Crippen LogP contribution in [-0.4, -0.2) is 19.2 Å². The van der Waals surface area contributed by atoms with E-state index in [1.54, 1.807) is 0 Å². The summed E-state index contributed by atoms with van der Waals surface area (Å²) in [4.78, 5) is 0. The van der Waals surface area contributed by atoms with Crippen LogP contribution in [0.5, 0.6) is 0 Å². The first-order valence-corrected chi connectivity index (χ1v) is 7.17. The van der Waals surface area contributed by atoms with E-state index in [1.807, 2.05) is 0 Å². The predicted molar refractivity (Wildman–Crippen MR) is 75.7 cm³/mol. The van der Waals surface area contributed by atoms with Gasteiger partial charge in [0.25, 0.3) is 0 Å². The Labute approximate surface area is 111 Å². The van der Waals surface area contributed by atoms with Crippen LogP contribution in [0.3, 0.4) is 0 Å². The lowest BCUT2D eigenvalue weighted by atomic mass is 9.94. The molecule has 2 unspecified atom stereocenters. The lowest BCUT2D eigenvalue weighted by Gasteiger charge is -2.35. The van der Waals surface area contributed by atoms with E-state index in [1.165, 1.54) is 24.0 Å². The van der Waals surface area contributed by atoms with Crippen LogP contribution in [0, 0.1) is 12.8 Å². The molecule has 1 saturated heterocycles. The summed E-state index contributed by atoms with van der Waals surface area (Å²) >= 11 is 0. The van der Waals surface area contributed by atoms with E-state index in [9.17, 15) is 0 Å². The van der Waals surface area contributed by atoms with Gasteiger partial charge in [0.15, 0.2) is 0 Å². The molecule has 0 amide bonds. The first-order chi connectivity index (χ1) is 8.74. The van der Waals surface area contributed by atoms with Gasteiger partial charge in [0.2, 0.25) is 0 Å². The molecule has 0 spiro atoms. The molecule has 18 heavy (non-hydrogen) atoms. The van der Waals surface area contributed by atoms with Crippen LogP contribution < -0.4 is 5.32 Å². The summed E-state index contributed by atoms with van der Waals surface area (Å²) < 4.78 is 6.29. The molecule has 1 heterocycles. The lowest BCUT2D eigenvalue weighted by Crippen LogP contribution is -2.44. The molecule has 0 saturated carbocycles. The smallest absolute Gasteiger partial charge is 0.0953 e. The quantitative estimate of drug-likeness (QED) is 0.879. The number of hydrogen-bond donors (Lipinski definition) is 1. The minimum atomic E-state index is 0.213. The van der Waals surface area contributed by atoms with Gasteiger partial charge in [-0.2, -0.15) is 0 Å².